The number of hydrogen-bond donors (Lipinski definition) is 1. The molecule has 3 nitrogen and oxygen atoms in total. The molecule has 3 aromatic rings. The van der Waals surface area contributed by atoms with E-state index in [4.69, 9.17) is 5.73 Å². The third-order valence-corrected chi connectivity index (χ3v) is 3.11. The highest BCUT2D eigenvalue weighted by Crippen LogP contribution is 2.29. The van der Waals surface area contributed by atoms with Crippen molar-refractivity contribution in [2.45, 2.75) is 6.36 Å². The fraction of sp³-hybridized carbons (Fsp3) is 0.0625. The Morgan fingerprint density at radius 2 is 1.73 bits per heavy atom. The van der Waals surface area contributed by atoms with Crippen molar-refractivity contribution in [1.29, 1.82) is 0 Å². The lowest BCUT2D eigenvalue weighted by atomic mass is 10.1. The molecule has 0 amide bonds. The molecule has 0 atom stereocenters. The van der Waals surface area contributed by atoms with Crippen LogP contribution in [0.1, 0.15) is 0 Å². The molecule has 0 saturated carbocycles. The van der Waals surface area contributed by atoms with Crippen molar-refractivity contribution >= 4 is 16.6 Å². The van der Waals surface area contributed by atoms with E-state index in [-0.39, 0.29) is 5.75 Å². The number of alkyl halides is 3. The molecule has 0 unspecified atom stereocenters. The summed E-state index contributed by atoms with van der Waals surface area (Å²) in [6.45, 7) is 0. The van der Waals surface area contributed by atoms with Gasteiger partial charge in [0.05, 0.1) is 16.9 Å². The van der Waals surface area contributed by atoms with E-state index >= 15 is 0 Å². The molecule has 6 heteroatoms. The monoisotopic (exact) mass is 304 g/mol. The fourth-order valence-electron chi connectivity index (χ4n) is 2.18. The van der Waals surface area contributed by atoms with Crippen molar-refractivity contribution in [1.82, 2.24) is 4.98 Å². The van der Waals surface area contributed by atoms with Gasteiger partial charge >= 0.3 is 6.36 Å². The maximum Gasteiger partial charge on any atom is 0.573 e. The van der Waals surface area contributed by atoms with Crippen molar-refractivity contribution in [3.63, 3.8) is 0 Å². The van der Waals surface area contributed by atoms with Gasteiger partial charge < -0.3 is 10.5 Å². The second-order valence-corrected chi connectivity index (χ2v) is 4.69. The largest absolute Gasteiger partial charge is 0.573 e. The summed E-state index contributed by atoms with van der Waals surface area (Å²) in [6.07, 6.45) is -4.72. The fourth-order valence-corrected chi connectivity index (χ4v) is 2.18. The zero-order valence-corrected chi connectivity index (χ0v) is 11.3. The minimum Gasteiger partial charge on any atom is -0.406 e. The number of benzene rings is 2. The maximum atomic E-state index is 12.3. The number of aromatic nitrogens is 1. The van der Waals surface area contributed by atoms with E-state index in [9.17, 15) is 13.2 Å². The number of nitrogen functional groups attached to an aromatic ring is 1. The van der Waals surface area contributed by atoms with Crippen LogP contribution in [0.2, 0.25) is 0 Å². The van der Waals surface area contributed by atoms with Crippen LogP contribution in [0, 0.1) is 0 Å². The number of rotatable bonds is 2. The number of nitrogens with zero attached hydrogens (tertiary/aromatic N) is 1. The lowest BCUT2D eigenvalue weighted by Gasteiger charge is -2.10. The highest BCUT2D eigenvalue weighted by atomic mass is 19.4. The smallest absolute Gasteiger partial charge is 0.406 e. The van der Waals surface area contributed by atoms with E-state index in [2.05, 4.69) is 9.72 Å². The number of halogens is 3. The second-order valence-electron chi connectivity index (χ2n) is 4.69. The van der Waals surface area contributed by atoms with Crippen molar-refractivity contribution in [3.8, 4) is 17.0 Å². The van der Waals surface area contributed by atoms with E-state index in [0.29, 0.717) is 22.5 Å². The quantitative estimate of drug-likeness (QED) is 0.715. The molecule has 0 fully saturated rings. The summed E-state index contributed by atoms with van der Waals surface area (Å²) in [5.74, 6) is -0.284. The molecule has 0 aliphatic heterocycles. The summed E-state index contributed by atoms with van der Waals surface area (Å²) in [4.78, 5) is 4.42. The minimum atomic E-state index is -4.72. The first-order valence-corrected chi connectivity index (χ1v) is 6.44. The van der Waals surface area contributed by atoms with Crippen LogP contribution < -0.4 is 10.5 Å². The molecule has 0 aliphatic carbocycles. The van der Waals surface area contributed by atoms with E-state index in [0.717, 1.165) is 5.39 Å². The van der Waals surface area contributed by atoms with E-state index in [1.807, 2.05) is 18.2 Å². The van der Waals surface area contributed by atoms with Crippen molar-refractivity contribution in [3.05, 3.63) is 54.6 Å². The average Bonchev–Trinajstić information content (AvgIpc) is 2.46. The van der Waals surface area contributed by atoms with Gasteiger partial charge in [0.1, 0.15) is 5.75 Å². The van der Waals surface area contributed by atoms with Crippen molar-refractivity contribution in [2.75, 3.05) is 5.73 Å². The van der Waals surface area contributed by atoms with Crippen LogP contribution in [0.4, 0.5) is 18.9 Å². The van der Waals surface area contributed by atoms with Gasteiger partial charge in [-0.3, -0.25) is 0 Å². The van der Waals surface area contributed by atoms with Gasteiger partial charge in [0.25, 0.3) is 0 Å². The van der Waals surface area contributed by atoms with E-state index in [1.54, 1.807) is 18.2 Å². The van der Waals surface area contributed by atoms with Crippen molar-refractivity contribution in [2.24, 2.45) is 0 Å². The van der Waals surface area contributed by atoms with Gasteiger partial charge in [0, 0.05) is 10.9 Å². The Balaban J connectivity index is 2.04. The van der Waals surface area contributed by atoms with Crippen LogP contribution in [0.15, 0.2) is 54.6 Å². The van der Waals surface area contributed by atoms with Crippen LogP contribution >= 0.6 is 0 Å². The molecule has 3 rings (SSSR count). The minimum absolute atomic E-state index is 0.284. The lowest BCUT2D eigenvalue weighted by Crippen LogP contribution is -2.17. The molecule has 112 valence electrons. The first-order valence-electron chi connectivity index (χ1n) is 6.44. The number of hydrogen-bond acceptors (Lipinski definition) is 3. The average molecular weight is 304 g/mol. The van der Waals surface area contributed by atoms with Crippen LogP contribution in [0.3, 0.4) is 0 Å². The molecule has 1 aromatic heterocycles. The Bertz CT molecular complexity index is 831. The van der Waals surface area contributed by atoms with Crippen LogP contribution in [-0.2, 0) is 0 Å². The Kier molecular flexibility index (Phi) is 3.36. The predicted octanol–water partition coefficient (Wildman–Crippen LogP) is 4.38. The maximum absolute atomic E-state index is 12.3. The zero-order chi connectivity index (χ0) is 15.7. The SMILES string of the molecule is Nc1cccc2ccc(-c3cccc(OC(F)(F)F)c3)nc12. The summed E-state index contributed by atoms with van der Waals surface area (Å²) >= 11 is 0. The Labute approximate surface area is 124 Å². The van der Waals surface area contributed by atoms with Gasteiger partial charge in [-0.15, -0.1) is 13.2 Å². The molecule has 2 N–H and O–H groups in total. The summed E-state index contributed by atoms with van der Waals surface area (Å²) < 4.78 is 40.8. The number of nitrogens with two attached hydrogens (primary N) is 1. The molecule has 0 spiro atoms. The Morgan fingerprint density at radius 3 is 2.50 bits per heavy atom. The highest BCUT2D eigenvalue weighted by molar-refractivity contribution is 5.90. The number of fused-ring (bicyclic) bond motifs is 1. The highest BCUT2D eigenvalue weighted by Gasteiger charge is 2.31. The van der Waals surface area contributed by atoms with Crippen molar-refractivity contribution < 1.29 is 17.9 Å². The van der Waals surface area contributed by atoms with Gasteiger partial charge in [-0.25, -0.2) is 4.98 Å². The number of anilines is 1. The number of ether oxygens (including phenoxy) is 1. The van der Waals surface area contributed by atoms with Gasteiger partial charge in [0.15, 0.2) is 0 Å². The Hall–Kier alpha value is -2.76. The molecule has 22 heavy (non-hydrogen) atoms. The van der Waals surface area contributed by atoms with E-state index < -0.39 is 6.36 Å². The first-order chi connectivity index (χ1) is 10.4. The zero-order valence-electron chi connectivity index (χ0n) is 11.3. The van der Waals surface area contributed by atoms with E-state index in [1.165, 1.54) is 18.2 Å². The first kappa shape index (κ1) is 14.2. The lowest BCUT2D eigenvalue weighted by molar-refractivity contribution is -0.274. The molecule has 1 heterocycles. The third kappa shape index (κ3) is 2.95. The summed E-state index contributed by atoms with van der Waals surface area (Å²) in [6, 6.07) is 14.6. The van der Waals surface area contributed by atoms with Crippen LogP contribution in [0.5, 0.6) is 5.75 Å². The summed E-state index contributed by atoms with van der Waals surface area (Å²) in [5, 5.41) is 0.867. The topological polar surface area (TPSA) is 48.1 Å². The second kappa shape index (κ2) is 5.22. The van der Waals surface area contributed by atoms with Gasteiger partial charge in [-0.2, -0.15) is 0 Å². The summed E-state index contributed by atoms with van der Waals surface area (Å²) in [5.41, 5.74) is 8.06. The molecule has 0 radical (unpaired) electrons. The van der Waals surface area contributed by atoms with Crippen LogP contribution in [-0.4, -0.2) is 11.3 Å². The third-order valence-electron chi connectivity index (χ3n) is 3.11. The standard InChI is InChI=1S/C16H11F3N2O/c17-16(18,19)22-12-5-1-4-11(9-12)14-8-7-10-3-2-6-13(20)15(10)21-14/h1-9H,20H2. The van der Waals surface area contributed by atoms with Crippen LogP contribution in [0.25, 0.3) is 22.2 Å². The summed E-state index contributed by atoms with van der Waals surface area (Å²) in [7, 11) is 0. The molecule has 0 bridgehead atoms. The predicted molar refractivity (Wildman–Crippen MR) is 78.3 cm³/mol. The van der Waals surface area contributed by atoms with Gasteiger partial charge in [-0.1, -0.05) is 30.3 Å². The number of para-hydroxylation sites is 1. The molecular weight excluding hydrogens is 293 g/mol. The molecular formula is C16H11F3N2O. The van der Waals surface area contributed by atoms with Gasteiger partial charge in [0.2, 0.25) is 0 Å². The molecule has 2 aromatic carbocycles. The molecule has 0 saturated heterocycles. The number of pyridine rings is 1. The molecule has 0 aliphatic rings. The Morgan fingerprint density at radius 1 is 0.955 bits per heavy atom. The normalized spacial score (nSPS) is 11.6. The van der Waals surface area contributed by atoms with Gasteiger partial charge in [-0.05, 0) is 24.3 Å².